The van der Waals surface area contributed by atoms with Crippen LogP contribution in [0.2, 0.25) is 0 Å². The van der Waals surface area contributed by atoms with Crippen molar-refractivity contribution in [1.29, 1.82) is 0 Å². The van der Waals surface area contributed by atoms with E-state index >= 15 is 0 Å². The van der Waals surface area contributed by atoms with Crippen LogP contribution in [0, 0.1) is 0 Å². The largest absolute Gasteiger partial charge is 0.476 e. The number of aromatic carboxylic acids is 1. The SMILES string of the molecule is CC1(C)OCC(CNS(=O)(=O)c2scnc2C(=O)O)O1. The predicted molar refractivity (Wildman–Crippen MR) is 69.2 cm³/mol. The van der Waals surface area contributed by atoms with Gasteiger partial charge in [0.1, 0.15) is 0 Å². The van der Waals surface area contributed by atoms with Crippen LogP contribution in [0.5, 0.6) is 0 Å². The molecule has 0 saturated carbocycles. The van der Waals surface area contributed by atoms with E-state index in [4.69, 9.17) is 14.6 Å². The Kier molecular flexibility index (Phi) is 4.12. The Labute approximate surface area is 119 Å². The summed E-state index contributed by atoms with van der Waals surface area (Å²) in [4.78, 5) is 14.4. The number of thiazole rings is 1. The lowest BCUT2D eigenvalue weighted by Gasteiger charge is -2.17. The Balaban J connectivity index is 2.05. The minimum Gasteiger partial charge on any atom is -0.476 e. The zero-order chi connectivity index (χ0) is 15.0. The third-order valence-corrected chi connectivity index (χ3v) is 5.34. The van der Waals surface area contributed by atoms with E-state index in [-0.39, 0.29) is 17.4 Å². The van der Waals surface area contributed by atoms with Crippen LogP contribution in [0.4, 0.5) is 0 Å². The first-order chi connectivity index (χ1) is 9.21. The normalized spacial score (nSPS) is 22.0. The van der Waals surface area contributed by atoms with Crippen molar-refractivity contribution < 1.29 is 27.8 Å². The topological polar surface area (TPSA) is 115 Å². The van der Waals surface area contributed by atoms with Crippen LogP contribution < -0.4 is 4.72 Å². The molecule has 2 heterocycles. The molecular weight excluding hydrogens is 308 g/mol. The summed E-state index contributed by atoms with van der Waals surface area (Å²) in [5, 5.41) is 8.87. The smallest absolute Gasteiger partial charge is 0.356 e. The lowest BCUT2D eigenvalue weighted by molar-refractivity contribution is -0.137. The van der Waals surface area contributed by atoms with Gasteiger partial charge in [0.2, 0.25) is 0 Å². The highest BCUT2D eigenvalue weighted by Crippen LogP contribution is 2.23. The van der Waals surface area contributed by atoms with Gasteiger partial charge in [0.25, 0.3) is 10.0 Å². The number of rotatable bonds is 5. The molecule has 0 radical (unpaired) electrons. The fourth-order valence-corrected chi connectivity index (χ4v) is 3.95. The molecule has 1 aromatic rings. The molecule has 8 nitrogen and oxygen atoms in total. The molecule has 1 aliphatic rings. The number of aromatic nitrogens is 1. The van der Waals surface area contributed by atoms with E-state index in [0.717, 1.165) is 11.3 Å². The van der Waals surface area contributed by atoms with E-state index in [1.165, 1.54) is 5.51 Å². The molecule has 0 amide bonds. The van der Waals surface area contributed by atoms with Gasteiger partial charge >= 0.3 is 5.97 Å². The Morgan fingerprint density at radius 3 is 2.90 bits per heavy atom. The fourth-order valence-electron chi connectivity index (χ4n) is 1.70. The van der Waals surface area contributed by atoms with E-state index in [1.807, 2.05) is 0 Å². The predicted octanol–water partition coefficient (Wildman–Crippen LogP) is 0.271. The second kappa shape index (κ2) is 5.37. The number of carboxylic acids is 1. The van der Waals surface area contributed by atoms with Crippen LogP contribution in [-0.2, 0) is 19.5 Å². The van der Waals surface area contributed by atoms with Crippen LogP contribution in [0.25, 0.3) is 0 Å². The zero-order valence-corrected chi connectivity index (χ0v) is 12.5. The minimum absolute atomic E-state index is 0.00270. The van der Waals surface area contributed by atoms with Gasteiger partial charge in [-0.15, -0.1) is 11.3 Å². The Bertz CT molecular complexity index is 609. The van der Waals surface area contributed by atoms with Gasteiger partial charge in [-0.1, -0.05) is 0 Å². The van der Waals surface area contributed by atoms with Gasteiger partial charge in [-0.2, -0.15) is 0 Å². The molecule has 1 unspecified atom stereocenters. The highest BCUT2D eigenvalue weighted by atomic mass is 32.2. The third-order valence-electron chi connectivity index (χ3n) is 2.55. The van der Waals surface area contributed by atoms with Crippen molar-refractivity contribution in [3.05, 3.63) is 11.2 Å². The summed E-state index contributed by atoms with van der Waals surface area (Å²) in [5.41, 5.74) is 0.697. The molecule has 0 aromatic carbocycles. The number of ether oxygens (including phenoxy) is 2. The average molecular weight is 322 g/mol. The molecule has 0 bridgehead atoms. The Morgan fingerprint density at radius 1 is 1.65 bits per heavy atom. The van der Waals surface area contributed by atoms with E-state index in [9.17, 15) is 13.2 Å². The van der Waals surface area contributed by atoms with Gasteiger partial charge < -0.3 is 14.6 Å². The number of hydrogen-bond donors (Lipinski definition) is 2. The maximum atomic E-state index is 12.0. The van der Waals surface area contributed by atoms with Crippen molar-refractivity contribution in [3.8, 4) is 0 Å². The number of carbonyl (C=O) groups is 1. The molecule has 20 heavy (non-hydrogen) atoms. The Morgan fingerprint density at radius 2 is 2.35 bits per heavy atom. The molecule has 10 heteroatoms. The maximum absolute atomic E-state index is 12.0. The molecule has 2 N–H and O–H groups in total. The minimum atomic E-state index is -3.93. The van der Waals surface area contributed by atoms with Crippen molar-refractivity contribution in [3.63, 3.8) is 0 Å². The second-order valence-electron chi connectivity index (χ2n) is 4.60. The molecule has 0 aliphatic carbocycles. The van der Waals surface area contributed by atoms with Gasteiger partial charge in [0.15, 0.2) is 15.7 Å². The Hall–Kier alpha value is -1.07. The summed E-state index contributed by atoms with van der Waals surface area (Å²) in [5.74, 6) is -2.12. The third kappa shape index (κ3) is 3.33. The summed E-state index contributed by atoms with van der Waals surface area (Å²) >= 11 is 0.753. The molecule has 1 aromatic heterocycles. The van der Waals surface area contributed by atoms with Crippen LogP contribution in [0.3, 0.4) is 0 Å². The van der Waals surface area contributed by atoms with E-state index in [1.54, 1.807) is 13.8 Å². The van der Waals surface area contributed by atoms with Crippen LogP contribution in [0.15, 0.2) is 9.72 Å². The summed E-state index contributed by atoms with van der Waals surface area (Å²) in [6, 6.07) is 0. The van der Waals surface area contributed by atoms with Crippen LogP contribution in [0.1, 0.15) is 24.3 Å². The fraction of sp³-hybridized carbons (Fsp3) is 0.600. The van der Waals surface area contributed by atoms with E-state index in [2.05, 4.69) is 9.71 Å². The second-order valence-corrected chi connectivity index (χ2v) is 7.41. The molecule has 1 atom stereocenters. The number of nitrogens with zero attached hydrogens (tertiary/aromatic N) is 1. The molecule has 1 aliphatic heterocycles. The zero-order valence-electron chi connectivity index (χ0n) is 10.8. The summed E-state index contributed by atoms with van der Waals surface area (Å²) < 4.78 is 36.8. The van der Waals surface area contributed by atoms with Gasteiger partial charge in [0, 0.05) is 6.54 Å². The standard InChI is InChI=1S/C10H14N2O6S2/c1-10(2)17-4-6(18-10)3-12-20(15,16)9-7(8(13)14)11-5-19-9/h5-6,12H,3-4H2,1-2H3,(H,13,14). The number of nitrogens with one attached hydrogen (secondary N) is 1. The highest BCUT2D eigenvalue weighted by molar-refractivity contribution is 7.91. The first-order valence-corrected chi connectivity index (χ1v) is 8.06. The van der Waals surface area contributed by atoms with Crippen molar-refractivity contribution >= 4 is 27.3 Å². The van der Waals surface area contributed by atoms with Crippen molar-refractivity contribution in [1.82, 2.24) is 9.71 Å². The van der Waals surface area contributed by atoms with Gasteiger partial charge in [-0.3, -0.25) is 0 Å². The summed E-state index contributed by atoms with van der Waals surface area (Å²) in [7, 11) is -3.93. The lowest BCUT2D eigenvalue weighted by Crippen LogP contribution is -2.34. The molecule has 1 saturated heterocycles. The van der Waals surface area contributed by atoms with E-state index in [0.29, 0.717) is 0 Å². The highest BCUT2D eigenvalue weighted by Gasteiger charge is 2.34. The molecule has 0 spiro atoms. The van der Waals surface area contributed by atoms with Crippen molar-refractivity contribution in [2.24, 2.45) is 0 Å². The first-order valence-electron chi connectivity index (χ1n) is 5.69. The molecule has 112 valence electrons. The maximum Gasteiger partial charge on any atom is 0.356 e. The van der Waals surface area contributed by atoms with Gasteiger partial charge in [-0.25, -0.2) is 22.9 Å². The number of carboxylic acid groups (broad SMARTS) is 1. The van der Waals surface area contributed by atoms with Crippen LogP contribution >= 0.6 is 11.3 Å². The van der Waals surface area contributed by atoms with Crippen molar-refractivity contribution in [2.75, 3.05) is 13.2 Å². The first kappa shape index (κ1) is 15.3. The van der Waals surface area contributed by atoms with Crippen molar-refractivity contribution in [2.45, 2.75) is 29.9 Å². The lowest BCUT2D eigenvalue weighted by atomic mass is 10.4. The van der Waals surface area contributed by atoms with E-state index < -0.39 is 33.6 Å². The number of hydrogen-bond acceptors (Lipinski definition) is 7. The molecule has 2 rings (SSSR count). The average Bonchev–Trinajstić information content (AvgIpc) is 2.93. The quantitative estimate of drug-likeness (QED) is 0.799. The number of sulfonamides is 1. The van der Waals surface area contributed by atoms with Crippen LogP contribution in [-0.4, -0.2) is 49.5 Å². The van der Waals surface area contributed by atoms with Gasteiger partial charge in [-0.05, 0) is 13.8 Å². The monoisotopic (exact) mass is 322 g/mol. The summed E-state index contributed by atoms with van der Waals surface area (Å²) in [6.45, 7) is 3.73. The molecule has 1 fully saturated rings. The summed E-state index contributed by atoms with van der Waals surface area (Å²) in [6.07, 6.45) is -0.416. The molecular formula is C10H14N2O6S2. The van der Waals surface area contributed by atoms with Gasteiger partial charge in [0.05, 0.1) is 18.2 Å².